The Kier molecular flexibility index (Phi) is 3.72. The Morgan fingerprint density at radius 1 is 1.38 bits per heavy atom. The van der Waals surface area contributed by atoms with Gasteiger partial charge < -0.3 is 11.1 Å². The summed E-state index contributed by atoms with van der Waals surface area (Å²) in [6, 6.07) is 8.20. The smallest absolute Gasteiger partial charge is 0.221 e. The van der Waals surface area contributed by atoms with Crippen LogP contribution in [0, 0.1) is 0 Å². The molecule has 1 aliphatic carbocycles. The van der Waals surface area contributed by atoms with Gasteiger partial charge in [0.25, 0.3) is 0 Å². The lowest BCUT2D eigenvalue weighted by Gasteiger charge is -2.03. The number of nitrogens with two attached hydrogens (primary N) is 1. The Bertz CT molecular complexity index is 360. The van der Waals surface area contributed by atoms with E-state index in [-0.39, 0.29) is 5.91 Å². The first-order chi connectivity index (χ1) is 7.74. The first-order valence-corrected chi connectivity index (χ1v) is 6.50. The largest absolute Gasteiger partial charge is 0.399 e. The van der Waals surface area contributed by atoms with Crippen LogP contribution in [0.1, 0.15) is 19.3 Å². The van der Waals surface area contributed by atoms with Crippen molar-refractivity contribution < 1.29 is 4.79 Å². The number of amides is 1. The van der Waals surface area contributed by atoms with Gasteiger partial charge in [-0.05, 0) is 37.1 Å². The molecule has 0 aromatic heterocycles. The molecule has 1 aliphatic rings. The van der Waals surface area contributed by atoms with E-state index >= 15 is 0 Å². The van der Waals surface area contributed by atoms with Crippen LogP contribution in [0.4, 0.5) is 5.69 Å². The highest BCUT2D eigenvalue weighted by Crippen LogP contribution is 2.21. The second-order valence-corrected chi connectivity index (χ2v) is 5.18. The summed E-state index contributed by atoms with van der Waals surface area (Å²) in [6.07, 6.45) is 2.89. The zero-order valence-electron chi connectivity index (χ0n) is 9.11. The number of benzene rings is 1. The summed E-state index contributed by atoms with van der Waals surface area (Å²) in [5, 5.41) is 2.98. The SMILES string of the molecule is Nc1ccc(SCCC(=O)NC2CC2)cc1. The molecule has 0 bridgehead atoms. The zero-order chi connectivity index (χ0) is 11.4. The lowest BCUT2D eigenvalue weighted by molar-refractivity contribution is -0.120. The fourth-order valence-electron chi connectivity index (χ4n) is 1.35. The van der Waals surface area contributed by atoms with E-state index in [1.807, 2.05) is 24.3 Å². The third-order valence-electron chi connectivity index (χ3n) is 2.42. The van der Waals surface area contributed by atoms with Crippen molar-refractivity contribution in [2.75, 3.05) is 11.5 Å². The Balaban J connectivity index is 1.66. The summed E-state index contributed by atoms with van der Waals surface area (Å²) in [7, 11) is 0. The van der Waals surface area contributed by atoms with E-state index in [1.165, 1.54) is 0 Å². The Morgan fingerprint density at radius 2 is 2.06 bits per heavy atom. The average molecular weight is 236 g/mol. The van der Waals surface area contributed by atoms with Crippen LogP contribution in [0.15, 0.2) is 29.2 Å². The standard InChI is InChI=1S/C12H16N2OS/c13-9-1-5-11(6-2-9)16-8-7-12(15)14-10-3-4-10/h1-2,5-6,10H,3-4,7-8,13H2,(H,14,15). The number of thioether (sulfide) groups is 1. The maximum Gasteiger partial charge on any atom is 0.221 e. The molecule has 1 aromatic carbocycles. The lowest BCUT2D eigenvalue weighted by atomic mass is 10.3. The predicted molar refractivity (Wildman–Crippen MR) is 67.4 cm³/mol. The summed E-state index contributed by atoms with van der Waals surface area (Å²) in [5.41, 5.74) is 6.37. The molecule has 3 nitrogen and oxygen atoms in total. The average Bonchev–Trinajstić information content (AvgIpc) is 3.05. The van der Waals surface area contributed by atoms with Crippen LogP contribution >= 0.6 is 11.8 Å². The van der Waals surface area contributed by atoms with Crippen molar-refractivity contribution in [3.63, 3.8) is 0 Å². The molecule has 1 fully saturated rings. The maximum absolute atomic E-state index is 11.4. The van der Waals surface area contributed by atoms with Crippen LogP contribution in [0.25, 0.3) is 0 Å². The molecular weight excluding hydrogens is 220 g/mol. The van der Waals surface area contributed by atoms with Gasteiger partial charge in [0.2, 0.25) is 5.91 Å². The Hall–Kier alpha value is -1.16. The van der Waals surface area contributed by atoms with E-state index < -0.39 is 0 Å². The van der Waals surface area contributed by atoms with Crippen molar-refractivity contribution in [1.29, 1.82) is 0 Å². The van der Waals surface area contributed by atoms with Gasteiger partial charge in [-0.15, -0.1) is 11.8 Å². The van der Waals surface area contributed by atoms with E-state index in [0.717, 1.165) is 29.2 Å². The highest BCUT2D eigenvalue weighted by molar-refractivity contribution is 7.99. The summed E-state index contributed by atoms with van der Waals surface area (Å²) in [6.45, 7) is 0. The van der Waals surface area contributed by atoms with Crippen LogP contribution < -0.4 is 11.1 Å². The van der Waals surface area contributed by atoms with Crippen molar-refractivity contribution in [1.82, 2.24) is 5.32 Å². The molecule has 2 rings (SSSR count). The van der Waals surface area contributed by atoms with Crippen LogP contribution in [0.5, 0.6) is 0 Å². The molecule has 1 aromatic rings. The second-order valence-electron chi connectivity index (χ2n) is 4.01. The number of hydrogen-bond donors (Lipinski definition) is 2. The summed E-state index contributed by atoms with van der Waals surface area (Å²) < 4.78 is 0. The molecule has 0 unspecified atom stereocenters. The number of nitrogen functional groups attached to an aromatic ring is 1. The minimum absolute atomic E-state index is 0.172. The summed E-state index contributed by atoms with van der Waals surface area (Å²) in [4.78, 5) is 12.6. The van der Waals surface area contributed by atoms with Gasteiger partial charge in [-0.2, -0.15) is 0 Å². The quantitative estimate of drug-likeness (QED) is 0.607. The number of hydrogen-bond acceptors (Lipinski definition) is 3. The molecule has 1 amide bonds. The summed E-state index contributed by atoms with van der Waals surface area (Å²) >= 11 is 1.69. The lowest BCUT2D eigenvalue weighted by Crippen LogP contribution is -2.25. The topological polar surface area (TPSA) is 55.1 Å². The van der Waals surface area contributed by atoms with Gasteiger partial charge in [0.05, 0.1) is 0 Å². The van der Waals surface area contributed by atoms with Crippen molar-refractivity contribution >= 4 is 23.4 Å². The maximum atomic E-state index is 11.4. The van der Waals surface area contributed by atoms with Gasteiger partial charge in [0.15, 0.2) is 0 Å². The van der Waals surface area contributed by atoms with E-state index in [1.54, 1.807) is 11.8 Å². The monoisotopic (exact) mass is 236 g/mol. The highest BCUT2D eigenvalue weighted by Gasteiger charge is 2.22. The van der Waals surface area contributed by atoms with Gasteiger partial charge >= 0.3 is 0 Å². The minimum atomic E-state index is 0.172. The predicted octanol–water partition coefficient (Wildman–Crippen LogP) is 2.03. The van der Waals surface area contributed by atoms with E-state index in [4.69, 9.17) is 5.73 Å². The summed E-state index contributed by atoms with van der Waals surface area (Å²) in [5.74, 6) is 0.994. The van der Waals surface area contributed by atoms with E-state index in [9.17, 15) is 4.79 Å². The molecule has 0 heterocycles. The molecule has 86 valence electrons. The number of nitrogens with one attached hydrogen (secondary N) is 1. The zero-order valence-corrected chi connectivity index (χ0v) is 9.93. The fourth-order valence-corrected chi connectivity index (χ4v) is 2.20. The number of carbonyl (C=O) groups is 1. The fraction of sp³-hybridized carbons (Fsp3) is 0.417. The first kappa shape index (κ1) is 11.3. The third kappa shape index (κ3) is 3.77. The number of carbonyl (C=O) groups excluding carboxylic acids is 1. The van der Waals surface area contributed by atoms with Crippen LogP contribution in [-0.4, -0.2) is 17.7 Å². The highest BCUT2D eigenvalue weighted by atomic mass is 32.2. The normalized spacial score (nSPS) is 14.8. The van der Waals surface area contributed by atoms with Gasteiger partial charge in [-0.25, -0.2) is 0 Å². The van der Waals surface area contributed by atoms with Gasteiger partial charge in [-0.3, -0.25) is 4.79 Å². The molecule has 0 spiro atoms. The molecule has 0 radical (unpaired) electrons. The Morgan fingerprint density at radius 3 is 2.69 bits per heavy atom. The van der Waals surface area contributed by atoms with Crippen LogP contribution in [0.2, 0.25) is 0 Å². The second kappa shape index (κ2) is 5.25. The first-order valence-electron chi connectivity index (χ1n) is 5.52. The van der Waals surface area contributed by atoms with Crippen molar-refractivity contribution in [3.8, 4) is 0 Å². The molecule has 4 heteroatoms. The van der Waals surface area contributed by atoms with Gasteiger partial charge in [0.1, 0.15) is 0 Å². The van der Waals surface area contributed by atoms with Crippen LogP contribution in [0.3, 0.4) is 0 Å². The minimum Gasteiger partial charge on any atom is -0.399 e. The number of rotatable bonds is 5. The molecule has 3 N–H and O–H groups in total. The Labute approximate surface area is 99.8 Å². The number of anilines is 1. The molecule has 1 saturated carbocycles. The molecular formula is C12H16N2OS. The van der Waals surface area contributed by atoms with Crippen molar-refractivity contribution in [2.24, 2.45) is 0 Å². The van der Waals surface area contributed by atoms with Crippen molar-refractivity contribution in [3.05, 3.63) is 24.3 Å². The van der Waals surface area contributed by atoms with Crippen LogP contribution in [-0.2, 0) is 4.79 Å². The van der Waals surface area contributed by atoms with E-state index in [2.05, 4.69) is 5.32 Å². The molecule has 0 saturated heterocycles. The van der Waals surface area contributed by atoms with Gasteiger partial charge in [0, 0.05) is 28.8 Å². The molecule has 16 heavy (non-hydrogen) atoms. The van der Waals surface area contributed by atoms with Crippen molar-refractivity contribution in [2.45, 2.75) is 30.2 Å². The van der Waals surface area contributed by atoms with Gasteiger partial charge in [-0.1, -0.05) is 0 Å². The molecule has 0 aliphatic heterocycles. The molecule has 0 atom stereocenters. The third-order valence-corrected chi connectivity index (χ3v) is 3.43. The van der Waals surface area contributed by atoms with E-state index in [0.29, 0.717) is 12.5 Å².